The number of cyclic esters (lactones) is 1. The Bertz CT molecular complexity index is 429. The van der Waals surface area contributed by atoms with Gasteiger partial charge in [-0.25, -0.2) is 4.79 Å². The fraction of sp³-hybridized carbons (Fsp3) is 0.417. The third kappa shape index (κ3) is 1.92. The predicted molar refractivity (Wildman–Crippen MR) is 64.1 cm³/mol. The van der Waals surface area contributed by atoms with E-state index in [2.05, 4.69) is 6.92 Å². The molecule has 0 N–H and O–H groups in total. The number of carbonyl (C=O) groups excluding carboxylic acids is 1. The molecule has 0 bridgehead atoms. The van der Waals surface area contributed by atoms with Crippen LogP contribution in [0.25, 0.3) is 0 Å². The highest BCUT2D eigenvalue weighted by Gasteiger charge is 2.33. The summed E-state index contributed by atoms with van der Waals surface area (Å²) in [5, 5.41) is 0.923. The minimum absolute atomic E-state index is 0.228. The number of ether oxygens (including phenoxy) is 1. The van der Waals surface area contributed by atoms with Crippen molar-refractivity contribution >= 4 is 29.2 Å². The molecule has 0 amide bonds. The maximum atomic E-state index is 11.6. The Labute approximate surface area is 104 Å². The minimum Gasteiger partial charge on any atom is -0.454 e. The van der Waals surface area contributed by atoms with Crippen molar-refractivity contribution in [1.29, 1.82) is 0 Å². The number of benzene rings is 1. The van der Waals surface area contributed by atoms with Crippen molar-refractivity contribution < 1.29 is 9.53 Å². The summed E-state index contributed by atoms with van der Waals surface area (Å²) in [6, 6.07) is 3.31. The van der Waals surface area contributed by atoms with Gasteiger partial charge in [0.25, 0.3) is 0 Å². The fourth-order valence-electron chi connectivity index (χ4n) is 1.90. The molecule has 1 aliphatic heterocycles. The number of fused-ring (bicyclic) bond motifs is 1. The molecule has 16 heavy (non-hydrogen) atoms. The van der Waals surface area contributed by atoms with Crippen molar-refractivity contribution in [2.45, 2.75) is 32.3 Å². The standard InChI is InChI=1S/C12H12Cl2O2/c1-2-3-4-9-10-7(12(15)16-9)5-6-8(13)11(10)14/h5-6,9H,2-4H2,1H3. The predicted octanol–water partition coefficient (Wildman–Crippen LogP) is 4.40. The Kier molecular flexibility index (Phi) is 3.41. The molecule has 1 aromatic carbocycles. The number of rotatable bonds is 3. The lowest BCUT2D eigenvalue weighted by Crippen LogP contribution is -1.98. The first-order valence-electron chi connectivity index (χ1n) is 5.34. The van der Waals surface area contributed by atoms with Crippen LogP contribution in [0.5, 0.6) is 0 Å². The third-order valence-corrected chi connectivity index (χ3v) is 3.56. The average Bonchev–Trinajstić information content (AvgIpc) is 2.58. The summed E-state index contributed by atoms with van der Waals surface area (Å²) in [4.78, 5) is 11.6. The lowest BCUT2D eigenvalue weighted by Gasteiger charge is -2.11. The largest absolute Gasteiger partial charge is 0.454 e. The molecule has 1 unspecified atom stereocenters. The van der Waals surface area contributed by atoms with Gasteiger partial charge in [0.05, 0.1) is 15.6 Å². The van der Waals surface area contributed by atoms with Crippen LogP contribution < -0.4 is 0 Å². The van der Waals surface area contributed by atoms with Crippen molar-refractivity contribution in [3.8, 4) is 0 Å². The van der Waals surface area contributed by atoms with Gasteiger partial charge >= 0.3 is 5.97 Å². The number of halogens is 2. The molecular weight excluding hydrogens is 247 g/mol. The highest BCUT2D eigenvalue weighted by molar-refractivity contribution is 6.42. The molecule has 0 aliphatic carbocycles. The van der Waals surface area contributed by atoms with Gasteiger partial charge in [0.2, 0.25) is 0 Å². The van der Waals surface area contributed by atoms with Gasteiger partial charge in [0.1, 0.15) is 6.10 Å². The van der Waals surface area contributed by atoms with E-state index in [1.807, 2.05) is 0 Å². The molecule has 0 aromatic heterocycles. The Morgan fingerprint density at radius 2 is 2.12 bits per heavy atom. The van der Waals surface area contributed by atoms with Crippen LogP contribution in [0.4, 0.5) is 0 Å². The number of esters is 1. The van der Waals surface area contributed by atoms with Gasteiger partial charge in [-0.2, -0.15) is 0 Å². The van der Waals surface area contributed by atoms with E-state index in [0.717, 1.165) is 24.8 Å². The second kappa shape index (κ2) is 4.64. The van der Waals surface area contributed by atoms with Crippen LogP contribution in [0.3, 0.4) is 0 Å². The van der Waals surface area contributed by atoms with Gasteiger partial charge in [-0.15, -0.1) is 0 Å². The quantitative estimate of drug-likeness (QED) is 0.752. The van der Waals surface area contributed by atoms with Crippen molar-refractivity contribution in [3.63, 3.8) is 0 Å². The summed E-state index contributed by atoms with van der Waals surface area (Å²) in [5.74, 6) is -0.297. The lowest BCUT2D eigenvalue weighted by molar-refractivity contribution is 0.0364. The Morgan fingerprint density at radius 3 is 2.81 bits per heavy atom. The summed E-state index contributed by atoms with van der Waals surface area (Å²) in [6.45, 7) is 2.09. The lowest BCUT2D eigenvalue weighted by atomic mass is 10.0. The SMILES string of the molecule is CCCCC1OC(=O)c2ccc(Cl)c(Cl)c21. The molecule has 1 aromatic rings. The maximum Gasteiger partial charge on any atom is 0.339 e. The van der Waals surface area contributed by atoms with Crippen molar-refractivity contribution in [2.24, 2.45) is 0 Å². The molecule has 1 atom stereocenters. The van der Waals surface area contributed by atoms with Crippen molar-refractivity contribution in [1.82, 2.24) is 0 Å². The van der Waals surface area contributed by atoms with E-state index in [1.165, 1.54) is 0 Å². The first-order valence-corrected chi connectivity index (χ1v) is 6.09. The van der Waals surface area contributed by atoms with Crippen molar-refractivity contribution in [2.75, 3.05) is 0 Å². The van der Waals surface area contributed by atoms with Crippen molar-refractivity contribution in [3.05, 3.63) is 33.3 Å². The Hall–Kier alpha value is -0.730. The molecule has 1 heterocycles. The average molecular weight is 259 g/mol. The molecule has 0 spiro atoms. The summed E-state index contributed by atoms with van der Waals surface area (Å²) >= 11 is 12.1. The van der Waals surface area contributed by atoms with E-state index in [4.69, 9.17) is 27.9 Å². The van der Waals surface area contributed by atoms with Gasteiger partial charge in [-0.1, -0.05) is 36.5 Å². The van der Waals surface area contributed by atoms with E-state index in [1.54, 1.807) is 12.1 Å². The summed E-state index contributed by atoms with van der Waals surface area (Å²) in [7, 11) is 0. The van der Waals surface area contributed by atoms with Gasteiger partial charge in [0, 0.05) is 5.56 Å². The highest BCUT2D eigenvalue weighted by atomic mass is 35.5. The van der Waals surface area contributed by atoms with E-state index < -0.39 is 0 Å². The molecule has 4 heteroatoms. The van der Waals surface area contributed by atoms with Crippen LogP contribution >= 0.6 is 23.2 Å². The Morgan fingerprint density at radius 1 is 1.38 bits per heavy atom. The summed E-state index contributed by atoms with van der Waals surface area (Å²) in [6.07, 6.45) is 2.63. The van der Waals surface area contributed by atoms with Crippen LogP contribution in [-0.2, 0) is 4.74 Å². The minimum atomic E-state index is -0.297. The van der Waals surface area contributed by atoms with Gasteiger partial charge < -0.3 is 4.74 Å². The third-order valence-electron chi connectivity index (χ3n) is 2.74. The molecule has 0 radical (unpaired) electrons. The molecular formula is C12H12Cl2O2. The second-order valence-corrected chi connectivity index (χ2v) is 4.64. The number of unbranched alkanes of at least 4 members (excludes halogenated alkanes) is 1. The van der Waals surface area contributed by atoms with Crippen LogP contribution in [0.15, 0.2) is 12.1 Å². The molecule has 86 valence electrons. The molecule has 2 rings (SSSR count). The van der Waals surface area contributed by atoms with Gasteiger partial charge in [0.15, 0.2) is 0 Å². The van der Waals surface area contributed by atoms with E-state index >= 15 is 0 Å². The zero-order chi connectivity index (χ0) is 11.7. The maximum absolute atomic E-state index is 11.6. The molecule has 2 nitrogen and oxygen atoms in total. The zero-order valence-electron chi connectivity index (χ0n) is 8.93. The van der Waals surface area contributed by atoms with E-state index in [0.29, 0.717) is 15.6 Å². The first-order chi connectivity index (χ1) is 7.65. The smallest absolute Gasteiger partial charge is 0.339 e. The highest BCUT2D eigenvalue weighted by Crippen LogP contribution is 2.41. The summed E-state index contributed by atoms with van der Waals surface area (Å²) in [5.41, 5.74) is 1.31. The van der Waals surface area contributed by atoms with Gasteiger partial charge in [-0.3, -0.25) is 0 Å². The zero-order valence-corrected chi connectivity index (χ0v) is 10.4. The molecule has 0 saturated carbocycles. The van der Waals surface area contributed by atoms with Crippen LogP contribution in [0.2, 0.25) is 10.0 Å². The van der Waals surface area contributed by atoms with Gasteiger partial charge in [-0.05, 0) is 25.0 Å². The normalized spacial score (nSPS) is 18.4. The number of carbonyl (C=O) groups is 1. The van der Waals surface area contributed by atoms with E-state index in [-0.39, 0.29) is 12.1 Å². The molecule has 0 fully saturated rings. The number of hydrogen-bond donors (Lipinski definition) is 0. The van der Waals surface area contributed by atoms with Crippen LogP contribution in [0, 0.1) is 0 Å². The first kappa shape index (κ1) is 11.7. The summed E-state index contributed by atoms with van der Waals surface area (Å²) < 4.78 is 5.29. The molecule has 1 aliphatic rings. The van der Waals surface area contributed by atoms with E-state index in [9.17, 15) is 4.79 Å². The van der Waals surface area contributed by atoms with Crippen LogP contribution in [-0.4, -0.2) is 5.97 Å². The fourth-order valence-corrected chi connectivity index (χ4v) is 2.35. The number of hydrogen-bond acceptors (Lipinski definition) is 2. The van der Waals surface area contributed by atoms with Crippen LogP contribution in [0.1, 0.15) is 48.2 Å². The second-order valence-electron chi connectivity index (χ2n) is 3.86. The monoisotopic (exact) mass is 258 g/mol. The molecule has 0 saturated heterocycles. The Balaban J connectivity index is 2.38. The topological polar surface area (TPSA) is 26.3 Å².